The van der Waals surface area contributed by atoms with Gasteiger partial charge in [0.15, 0.2) is 0 Å². The SMILES string of the molecule is Cc1cc(Cn2cncc2CNCC(C)C)sc1C. The zero-order chi connectivity index (χ0) is 13.8. The van der Waals surface area contributed by atoms with E-state index < -0.39 is 0 Å². The predicted molar refractivity (Wildman–Crippen MR) is 81.7 cm³/mol. The van der Waals surface area contributed by atoms with Gasteiger partial charge in [-0.2, -0.15) is 0 Å². The Bertz CT molecular complexity index is 506. The van der Waals surface area contributed by atoms with Crippen LogP contribution in [-0.2, 0) is 13.1 Å². The van der Waals surface area contributed by atoms with E-state index in [0.29, 0.717) is 5.92 Å². The van der Waals surface area contributed by atoms with E-state index in [2.05, 4.69) is 48.6 Å². The van der Waals surface area contributed by atoms with Crippen LogP contribution in [0.3, 0.4) is 0 Å². The fourth-order valence-electron chi connectivity index (χ4n) is 2.02. The van der Waals surface area contributed by atoms with Gasteiger partial charge < -0.3 is 9.88 Å². The van der Waals surface area contributed by atoms with Crippen molar-refractivity contribution in [3.05, 3.63) is 39.6 Å². The Labute approximate surface area is 119 Å². The van der Waals surface area contributed by atoms with Crippen LogP contribution in [0.25, 0.3) is 0 Å². The Morgan fingerprint density at radius 3 is 2.79 bits per heavy atom. The molecule has 0 aliphatic rings. The molecule has 0 atom stereocenters. The summed E-state index contributed by atoms with van der Waals surface area (Å²) in [6.07, 6.45) is 3.89. The summed E-state index contributed by atoms with van der Waals surface area (Å²) in [5.74, 6) is 0.680. The molecular weight excluding hydrogens is 254 g/mol. The summed E-state index contributed by atoms with van der Waals surface area (Å²) in [6.45, 7) is 11.7. The second-order valence-electron chi connectivity index (χ2n) is 5.49. The summed E-state index contributed by atoms with van der Waals surface area (Å²) >= 11 is 1.88. The van der Waals surface area contributed by atoms with Gasteiger partial charge in [-0.1, -0.05) is 13.8 Å². The van der Waals surface area contributed by atoms with Crippen LogP contribution in [0.2, 0.25) is 0 Å². The maximum absolute atomic E-state index is 4.27. The summed E-state index contributed by atoms with van der Waals surface area (Å²) in [5.41, 5.74) is 2.64. The fraction of sp³-hybridized carbons (Fsp3) is 0.533. The van der Waals surface area contributed by atoms with Crippen molar-refractivity contribution in [2.45, 2.75) is 40.8 Å². The second-order valence-corrected chi connectivity index (χ2v) is 6.83. The van der Waals surface area contributed by atoms with E-state index in [9.17, 15) is 0 Å². The summed E-state index contributed by atoms with van der Waals surface area (Å²) in [4.78, 5) is 7.09. The van der Waals surface area contributed by atoms with Crippen LogP contribution in [0, 0.1) is 19.8 Å². The van der Waals surface area contributed by atoms with E-state index in [4.69, 9.17) is 0 Å². The number of imidazole rings is 1. The number of hydrogen-bond acceptors (Lipinski definition) is 3. The Hall–Kier alpha value is -1.13. The molecule has 0 aliphatic heterocycles. The lowest BCUT2D eigenvalue weighted by atomic mass is 10.2. The van der Waals surface area contributed by atoms with Gasteiger partial charge in [0.05, 0.1) is 18.6 Å². The summed E-state index contributed by atoms with van der Waals surface area (Å²) < 4.78 is 2.23. The minimum absolute atomic E-state index is 0.680. The second kappa shape index (κ2) is 6.35. The molecule has 0 radical (unpaired) electrons. The minimum Gasteiger partial charge on any atom is -0.328 e. The fourth-order valence-corrected chi connectivity index (χ4v) is 3.07. The molecule has 0 spiro atoms. The first-order chi connectivity index (χ1) is 9.06. The van der Waals surface area contributed by atoms with Crippen LogP contribution in [0.4, 0.5) is 0 Å². The summed E-state index contributed by atoms with van der Waals surface area (Å²) in [6, 6.07) is 2.28. The average Bonchev–Trinajstić information content (AvgIpc) is 2.88. The van der Waals surface area contributed by atoms with Gasteiger partial charge in [-0.3, -0.25) is 0 Å². The van der Waals surface area contributed by atoms with E-state index >= 15 is 0 Å². The standard InChI is InChI=1S/C15H23N3S/c1-11(2)6-16-7-14-8-17-10-18(14)9-15-5-12(3)13(4)19-15/h5,8,10-11,16H,6-7,9H2,1-4H3. The molecule has 2 aromatic heterocycles. The number of rotatable bonds is 6. The average molecular weight is 277 g/mol. The van der Waals surface area contributed by atoms with Crippen LogP contribution in [0.1, 0.15) is 34.9 Å². The molecule has 3 nitrogen and oxygen atoms in total. The zero-order valence-electron chi connectivity index (χ0n) is 12.2. The number of nitrogens with zero attached hydrogens (tertiary/aromatic N) is 2. The van der Waals surface area contributed by atoms with Crippen molar-refractivity contribution in [3.63, 3.8) is 0 Å². The van der Waals surface area contributed by atoms with E-state index in [-0.39, 0.29) is 0 Å². The van der Waals surface area contributed by atoms with Crippen molar-refractivity contribution in [2.75, 3.05) is 6.54 Å². The number of thiophene rings is 1. The molecule has 2 rings (SSSR count). The predicted octanol–water partition coefficient (Wildman–Crippen LogP) is 3.36. The topological polar surface area (TPSA) is 29.9 Å². The van der Waals surface area contributed by atoms with E-state index in [1.165, 1.54) is 21.0 Å². The molecule has 2 aromatic rings. The lowest BCUT2D eigenvalue weighted by Crippen LogP contribution is -2.20. The Kier molecular flexibility index (Phi) is 4.77. The first-order valence-corrected chi connectivity index (χ1v) is 7.63. The molecule has 4 heteroatoms. The highest BCUT2D eigenvalue weighted by molar-refractivity contribution is 7.12. The molecule has 0 amide bonds. The van der Waals surface area contributed by atoms with E-state index in [0.717, 1.165) is 19.6 Å². The van der Waals surface area contributed by atoms with Crippen molar-refractivity contribution < 1.29 is 0 Å². The van der Waals surface area contributed by atoms with Gasteiger partial charge in [0.25, 0.3) is 0 Å². The highest BCUT2D eigenvalue weighted by Crippen LogP contribution is 2.21. The van der Waals surface area contributed by atoms with Crippen molar-refractivity contribution in [1.29, 1.82) is 0 Å². The van der Waals surface area contributed by atoms with Gasteiger partial charge in [-0.15, -0.1) is 11.3 Å². The third-order valence-corrected chi connectivity index (χ3v) is 4.34. The maximum Gasteiger partial charge on any atom is 0.0952 e. The Morgan fingerprint density at radius 2 is 2.16 bits per heavy atom. The lowest BCUT2D eigenvalue weighted by Gasteiger charge is -2.09. The minimum atomic E-state index is 0.680. The normalized spacial score (nSPS) is 11.4. The van der Waals surface area contributed by atoms with Gasteiger partial charge in [0, 0.05) is 22.5 Å². The highest BCUT2D eigenvalue weighted by Gasteiger charge is 2.06. The molecule has 0 unspecified atom stereocenters. The molecule has 0 fully saturated rings. The molecule has 1 N–H and O–H groups in total. The van der Waals surface area contributed by atoms with Gasteiger partial charge >= 0.3 is 0 Å². The zero-order valence-corrected chi connectivity index (χ0v) is 13.0. The largest absolute Gasteiger partial charge is 0.328 e. The first-order valence-electron chi connectivity index (χ1n) is 6.82. The molecule has 2 heterocycles. The van der Waals surface area contributed by atoms with Crippen LogP contribution in [0.5, 0.6) is 0 Å². The number of aryl methyl sites for hydroxylation is 2. The summed E-state index contributed by atoms with van der Waals surface area (Å²) in [7, 11) is 0. The molecule has 104 valence electrons. The van der Waals surface area contributed by atoms with Gasteiger partial charge in [0.2, 0.25) is 0 Å². The molecular formula is C15H23N3S. The van der Waals surface area contributed by atoms with Gasteiger partial charge in [0.1, 0.15) is 0 Å². The van der Waals surface area contributed by atoms with E-state index in [1.54, 1.807) is 0 Å². The van der Waals surface area contributed by atoms with Crippen LogP contribution >= 0.6 is 11.3 Å². The number of nitrogens with one attached hydrogen (secondary N) is 1. The molecule has 19 heavy (non-hydrogen) atoms. The molecule has 0 saturated carbocycles. The molecule has 0 aromatic carbocycles. The molecule has 0 bridgehead atoms. The first kappa shape index (κ1) is 14.3. The van der Waals surface area contributed by atoms with Crippen LogP contribution in [0.15, 0.2) is 18.6 Å². The smallest absolute Gasteiger partial charge is 0.0952 e. The van der Waals surface area contributed by atoms with Crippen molar-refractivity contribution in [3.8, 4) is 0 Å². The van der Waals surface area contributed by atoms with Gasteiger partial charge in [-0.05, 0) is 37.9 Å². The van der Waals surface area contributed by atoms with E-state index in [1.807, 2.05) is 23.9 Å². The van der Waals surface area contributed by atoms with Crippen molar-refractivity contribution in [1.82, 2.24) is 14.9 Å². The molecule has 0 saturated heterocycles. The van der Waals surface area contributed by atoms with Crippen molar-refractivity contribution in [2.24, 2.45) is 5.92 Å². The number of hydrogen-bond donors (Lipinski definition) is 1. The quantitative estimate of drug-likeness (QED) is 0.877. The monoisotopic (exact) mass is 277 g/mol. The third kappa shape index (κ3) is 3.91. The molecule has 0 aliphatic carbocycles. The Morgan fingerprint density at radius 1 is 1.37 bits per heavy atom. The van der Waals surface area contributed by atoms with Crippen LogP contribution < -0.4 is 5.32 Å². The number of aromatic nitrogens is 2. The van der Waals surface area contributed by atoms with Crippen molar-refractivity contribution >= 4 is 11.3 Å². The van der Waals surface area contributed by atoms with Gasteiger partial charge in [-0.25, -0.2) is 4.98 Å². The highest BCUT2D eigenvalue weighted by atomic mass is 32.1. The third-order valence-electron chi connectivity index (χ3n) is 3.20. The van der Waals surface area contributed by atoms with Crippen LogP contribution in [-0.4, -0.2) is 16.1 Å². The maximum atomic E-state index is 4.27. The lowest BCUT2D eigenvalue weighted by molar-refractivity contribution is 0.539. The summed E-state index contributed by atoms with van der Waals surface area (Å²) in [5, 5.41) is 3.47. The Balaban J connectivity index is 1.99.